The van der Waals surface area contributed by atoms with Crippen molar-refractivity contribution in [1.29, 1.82) is 0 Å². The third kappa shape index (κ3) is 5.17. The van der Waals surface area contributed by atoms with E-state index in [0.29, 0.717) is 6.54 Å². The molecule has 47 heavy (non-hydrogen) atoms. The number of nitrogens with one attached hydrogen (secondary N) is 1. The van der Waals surface area contributed by atoms with Crippen molar-refractivity contribution < 1.29 is 53.5 Å². The van der Waals surface area contributed by atoms with E-state index in [1.54, 1.807) is 19.0 Å². The highest BCUT2D eigenvalue weighted by atomic mass is 16.4. The van der Waals surface area contributed by atoms with Crippen molar-refractivity contribution in [3.63, 3.8) is 0 Å². The molecule has 0 saturated heterocycles. The molecule has 15 heteroatoms. The van der Waals surface area contributed by atoms with Crippen LogP contribution in [0, 0.1) is 0 Å². The van der Waals surface area contributed by atoms with Gasteiger partial charge in [0.25, 0.3) is 5.91 Å². The van der Waals surface area contributed by atoms with E-state index in [4.69, 9.17) is 8.83 Å². The Hall–Kier alpha value is -6.22. The SMILES string of the molecule is CC(=O)c1cc2c(=O)c3c(C(=O)NCCN(C)C)c(O)c(O)cc3oc2c(C(C)=O)c1-c1coc2cc(O)c(O)c(C(=O)O)c2c1=O. The molecule has 0 aliphatic carbocycles. The van der Waals surface area contributed by atoms with Crippen LogP contribution in [0.3, 0.4) is 0 Å². The van der Waals surface area contributed by atoms with E-state index in [0.717, 1.165) is 38.3 Å². The molecular formula is C32H26N2O13. The zero-order valence-electron chi connectivity index (χ0n) is 25.2. The molecule has 2 aromatic heterocycles. The number of Topliss-reactive ketones (excluding diaryl/α,β-unsaturated/α-hetero) is 2. The maximum Gasteiger partial charge on any atom is 0.340 e. The first-order chi connectivity index (χ1) is 22.1. The third-order valence-corrected chi connectivity index (χ3v) is 7.51. The molecule has 15 nitrogen and oxygen atoms in total. The number of aromatic hydroxyl groups is 4. The molecular weight excluding hydrogens is 620 g/mol. The lowest BCUT2D eigenvalue weighted by atomic mass is 9.88. The number of hydrogen-bond acceptors (Lipinski definition) is 13. The van der Waals surface area contributed by atoms with Crippen LogP contribution in [0.5, 0.6) is 23.0 Å². The molecule has 3 aromatic carbocycles. The number of phenols is 4. The van der Waals surface area contributed by atoms with Gasteiger partial charge in [-0.1, -0.05) is 0 Å². The van der Waals surface area contributed by atoms with Crippen LogP contribution in [0.1, 0.15) is 55.3 Å². The monoisotopic (exact) mass is 646 g/mol. The largest absolute Gasteiger partial charge is 0.504 e. The molecule has 0 bridgehead atoms. The Morgan fingerprint density at radius 1 is 0.809 bits per heavy atom. The zero-order chi connectivity index (χ0) is 34.6. The molecule has 1 amide bonds. The van der Waals surface area contributed by atoms with E-state index in [2.05, 4.69) is 5.32 Å². The van der Waals surface area contributed by atoms with Gasteiger partial charge < -0.3 is 44.6 Å². The van der Waals surface area contributed by atoms with Crippen molar-refractivity contribution in [1.82, 2.24) is 10.2 Å². The minimum atomic E-state index is -1.80. The lowest BCUT2D eigenvalue weighted by Crippen LogP contribution is -2.32. The van der Waals surface area contributed by atoms with Crippen LogP contribution in [-0.4, -0.2) is 81.1 Å². The van der Waals surface area contributed by atoms with Crippen molar-refractivity contribution in [2.45, 2.75) is 13.8 Å². The fraction of sp³-hybridized carbons (Fsp3) is 0.188. The van der Waals surface area contributed by atoms with Crippen LogP contribution < -0.4 is 16.2 Å². The van der Waals surface area contributed by atoms with Gasteiger partial charge in [0.15, 0.2) is 34.6 Å². The summed E-state index contributed by atoms with van der Waals surface area (Å²) in [6.45, 7) is 2.60. The second-order valence-corrected chi connectivity index (χ2v) is 10.9. The van der Waals surface area contributed by atoms with Crippen LogP contribution in [0.15, 0.2) is 42.9 Å². The standard InChI is InChI=1S/C32H26N2O13/c1-11(35)13-7-14-26(39)23-19(9-17(38)28(41)24(23)31(43)33-5-6-34(3)4)47-30(14)20(12(2)36)21(13)15-10-46-18-8-16(37)29(42)25(32(44)45)22(18)27(15)40/h7-10,37-38,41-42H,5-6H2,1-4H3,(H,33,43)(H,44,45). The molecule has 0 unspecified atom stereocenters. The fourth-order valence-corrected chi connectivity index (χ4v) is 5.36. The summed E-state index contributed by atoms with van der Waals surface area (Å²) in [7, 11) is 3.51. The van der Waals surface area contributed by atoms with Gasteiger partial charge in [0.2, 0.25) is 10.9 Å². The van der Waals surface area contributed by atoms with E-state index in [1.807, 2.05) is 0 Å². The average molecular weight is 647 g/mol. The van der Waals surface area contributed by atoms with Gasteiger partial charge in [0.05, 0.1) is 32.8 Å². The van der Waals surface area contributed by atoms with Crippen molar-refractivity contribution >= 4 is 56.4 Å². The van der Waals surface area contributed by atoms with Crippen LogP contribution in [-0.2, 0) is 0 Å². The number of likely N-dealkylation sites (N-methyl/N-ethyl adjacent to an activating group) is 1. The van der Waals surface area contributed by atoms with Gasteiger partial charge in [-0.25, -0.2) is 4.79 Å². The summed E-state index contributed by atoms with van der Waals surface area (Å²) in [4.78, 5) is 81.1. The number of carboxylic acids is 1. The second kappa shape index (κ2) is 11.6. The van der Waals surface area contributed by atoms with E-state index in [-0.39, 0.29) is 12.1 Å². The van der Waals surface area contributed by atoms with Gasteiger partial charge >= 0.3 is 5.97 Å². The zero-order valence-corrected chi connectivity index (χ0v) is 25.2. The fourth-order valence-electron chi connectivity index (χ4n) is 5.36. The number of fused-ring (bicyclic) bond motifs is 3. The number of carbonyl (C=O) groups is 4. The topological polar surface area (TPSA) is 245 Å². The molecule has 0 atom stereocenters. The smallest absolute Gasteiger partial charge is 0.340 e. The lowest BCUT2D eigenvalue weighted by molar-refractivity contribution is 0.0694. The van der Waals surface area contributed by atoms with Crippen LogP contribution in [0.25, 0.3) is 44.0 Å². The highest BCUT2D eigenvalue weighted by Crippen LogP contribution is 2.40. The van der Waals surface area contributed by atoms with Crippen molar-refractivity contribution in [2.24, 2.45) is 0 Å². The molecule has 242 valence electrons. The minimum absolute atomic E-state index is 0.100. The first-order valence-electron chi connectivity index (χ1n) is 13.8. The van der Waals surface area contributed by atoms with Gasteiger partial charge in [-0.2, -0.15) is 0 Å². The van der Waals surface area contributed by atoms with Crippen LogP contribution in [0.2, 0.25) is 0 Å². The van der Waals surface area contributed by atoms with E-state index < -0.39 is 118 Å². The Morgan fingerprint density at radius 3 is 1.98 bits per heavy atom. The van der Waals surface area contributed by atoms with Gasteiger partial charge in [-0.15, -0.1) is 0 Å². The van der Waals surface area contributed by atoms with Crippen molar-refractivity contribution in [3.05, 3.63) is 67.2 Å². The molecule has 0 fully saturated rings. The molecule has 0 saturated carbocycles. The Bertz CT molecular complexity index is 2350. The number of nitrogens with zero attached hydrogens (tertiary/aromatic N) is 1. The maximum absolute atomic E-state index is 14.0. The summed E-state index contributed by atoms with van der Waals surface area (Å²) >= 11 is 0. The van der Waals surface area contributed by atoms with Gasteiger partial charge in [0.1, 0.15) is 28.6 Å². The summed E-state index contributed by atoms with van der Waals surface area (Å²) in [5, 5.41) is 52.0. The van der Waals surface area contributed by atoms with Crippen molar-refractivity contribution in [3.8, 4) is 34.1 Å². The molecule has 5 rings (SSSR count). The highest BCUT2D eigenvalue weighted by molar-refractivity contribution is 6.19. The van der Waals surface area contributed by atoms with Crippen molar-refractivity contribution in [2.75, 3.05) is 27.2 Å². The van der Waals surface area contributed by atoms with E-state index >= 15 is 0 Å². The number of carboxylic acid groups (broad SMARTS) is 1. The summed E-state index contributed by atoms with van der Waals surface area (Å²) in [6.07, 6.45) is 0.812. The molecule has 0 spiro atoms. The van der Waals surface area contributed by atoms with Gasteiger partial charge in [-0.3, -0.25) is 24.0 Å². The van der Waals surface area contributed by atoms with E-state index in [1.165, 1.54) is 0 Å². The number of benzene rings is 3. The molecule has 2 heterocycles. The highest BCUT2D eigenvalue weighted by Gasteiger charge is 2.31. The Kier molecular flexibility index (Phi) is 7.95. The summed E-state index contributed by atoms with van der Waals surface area (Å²) in [5.74, 6) is -8.08. The first kappa shape index (κ1) is 32.2. The predicted molar refractivity (Wildman–Crippen MR) is 166 cm³/mol. The number of rotatable bonds is 8. The number of aromatic carboxylic acids is 1. The summed E-state index contributed by atoms with van der Waals surface area (Å²) in [5.41, 5.74) is -6.83. The van der Waals surface area contributed by atoms with Gasteiger partial charge in [-0.05, 0) is 34.0 Å². The van der Waals surface area contributed by atoms with Crippen LogP contribution >= 0.6 is 0 Å². The molecule has 0 radical (unpaired) electrons. The Labute approximate surface area is 262 Å². The number of hydrogen-bond donors (Lipinski definition) is 6. The Balaban J connectivity index is 1.94. The quantitative estimate of drug-likeness (QED) is 0.0806. The summed E-state index contributed by atoms with van der Waals surface area (Å²) < 4.78 is 11.4. The number of phenolic OH excluding ortho intramolecular Hbond substituents is 3. The third-order valence-electron chi connectivity index (χ3n) is 7.51. The number of amides is 1. The number of ketones is 2. The normalized spacial score (nSPS) is 11.4. The van der Waals surface area contributed by atoms with Crippen LogP contribution in [0.4, 0.5) is 0 Å². The minimum Gasteiger partial charge on any atom is -0.504 e. The lowest BCUT2D eigenvalue weighted by Gasteiger charge is -2.16. The molecule has 0 aliphatic rings. The average Bonchev–Trinajstić information content (AvgIpc) is 2.98. The first-order valence-corrected chi connectivity index (χ1v) is 13.8. The molecule has 6 N–H and O–H groups in total. The van der Waals surface area contributed by atoms with E-state index in [9.17, 15) is 54.3 Å². The Morgan fingerprint density at radius 2 is 1.40 bits per heavy atom. The predicted octanol–water partition coefficient (Wildman–Crippen LogP) is 2.94. The number of carbonyl (C=O) groups excluding carboxylic acids is 3. The van der Waals surface area contributed by atoms with Gasteiger partial charge in [0, 0.05) is 36.3 Å². The summed E-state index contributed by atoms with van der Waals surface area (Å²) in [6, 6.07) is 2.67. The second-order valence-electron chi connectivity index (χ2n) is 10.9. The molecule has 0 aliphatic heterocycles. The molecule has 5 aromatic rings. The maximum atomic E-state index is 14.0.